The van der Waals surface area contributed by atoms with E-state index in [0.717, 1.165) is 10.5 Å². The fourth-order valence-electron chi connectivity index (χ4n) is 2.90. The predicted octanol–water partition coefficient (Wildman–Crippen LogP) is 2.68. The molecular formula is C20H18Cl2N4O3. The zero-order valence-corrected chi connectivity index (χ0v) is 17.0. The van der Waals surface area contributed by atoms with Gasteiger partial charge in [-0.05, 0) is 23.3 Å². The number of halogens is 2. The lowest BCUT2D eigenvalue weighted by molar-refractivity contribution is -0.117. The van der Waals surface area contributed by atoms with Crippen LogP contribution in [-0.2, 0) is 17.8 Å². The summed E-state index contributed by atoms with van der Waals surface area (Å²) in [5.74, 6) is -0.517. The van der Waals surface area contributed by atoms with Crippen molar-refractivity contribution in [3.05, 3.63) is 90.5 Å². The number of hydrogen-bond acceptors (Lipinski definition) is 4. The lowest BCUT2D eigenvalue weighted by Gasteiger charge is -2.20. The van der Waals surface area contributed by atoms with Gasteiger partial charge in [-0.15, -0.1) is 0 Å². The summed E-state index contributed by atoms with van der Waals surface area (Å²) >= 11 is 12.0. The third kappa shape index (κ3) is 4.52. The van der Waals surface area contributed by atoms with Crippen LogP contribution in [0.2, 0.25) is 10.0 Å². The van der Waals surface area contributed by atoms with Crippen LogP contribution >= 0.6 is 23.2 Å². The van der Waals surface area contributed by atoms with Gasteiger partial charge in [-0.2, -0.15) is 0 Å². The molecule has 2 aromatic carbocycles. The van der Waals surface area contributed by atoms with Crippen LogP contribution in [-0.4, -0.2) is 22.5 Å². The third-order valence-corrected chi connectivity index (χ3v) is 5.05. The second-order valence-electron chi connectivity index (χ2n) is 6.43. The number of aromatic amines is 1. The Morgan fingerprint density at radius 2 is 1.83 bits per heavy atom. The van der Waals surface area contributed by atoms with Gasteiger partial charge in [-0.3, -0.25) is 19.1 Å². The third-order valence-electron chi connectivity index (χ3n) is 4.46. The van der Waals surface area contributed by atoms with Crippen LogP contribution in [0.4, 0.5) is 11.5 Å². The minimum Gasteiger partial charge on any atom is -0.383 e. The summed E-state index contributed by atoms with van der Waals surface area (Å²) in [6.07, 6.45) is -0.0663. The molecule has 150 valence electrons. The molecule has 0 aliphatic heterocycles. The number of nitrogen functional groups attached to an aromatic ring is 1. The molecule has 0 bridgehead atoms. The van der Waals surface area contributed by atoms with Gasteiger partial charge < -0.3 is 10.6 Å². The van der Waals surface area contributed by atoms with Gasteiger partial charge in [0.05, 0.1) is 13.0 Å². The average Bonchev–Trinajstić information content (AvgIpc) is 2.67. The summed E-state index contributed by atoms with van der Waals surface area (Å²) in [7, 11) is 1.42. The number of aromatic nitrogens is 2. The zero-order valence-electron chi connectivity index (χ0n) is 15.5. The first-order valence-electron chi connectivity index (χ1n) is 8.65. The van der Waals surface area contributed by atoms with Crippen molar-refractivity contribution in [1.29, 1.82) is 0 Å². The number of hydrogen-bond donors (Lipinski definition) is 2. The van der Waals surface area contributed by atoms with Gasteiger partial charge in [-0.25, -0.2) is 4.79 Å². The molecule has 0 spiro atoms. The second kappa shape index (κ2) is 8.55. The Hall–Kier alpha value is -3.03. The molecule has 3 aromatic rings. The molecule has 3 rings (SSSR count). The molecule has 1 heterocycles. The number of H-pyrrole nitrogens is 1. The zero-order chi connectivity index (χ0) is 21.1. The van der Waals surface area contributed by atoms with Crippen molar-refractivity contribution in [2.24, 2.45) is 0 Å². The monoisotopic (exact) mass is 432 g/mol. The first kappa shape index (κ1) is 20.7. The van der Waals surface area contributed by atoms with E-state index in [1.165, 1.54) is 17.7 Å². The van der Waals surface area contributed by atoms with Crippen molar-refractivity contribution in [2.75, 3.05) is 17.7 Å². The molecule has 0 aliphatic rings. The largest absolute Gasteiger partial charge is 0.383 e. The molecular weight excluding hydrogens is 415 g/mol. The summed E-state index contributed by atoms with van der Waals surface area (Å²) in [6, 6.07) is 14.0. The van der Waals surface area contributed by atoms with Crippen molar-refractivity contribution in [3.63, 3.8) is 0 Å². The van der Waals surface area contributed by atoms with Gasteiger partial charge >= 0.3 is 5.69 Å². The second-order valence-corrected chi connectivity index (χ2v) is 7.27. The molecule has 0 fully saturated rings. The number of amides is 1. The van der Waals surface area contributed by atoms with Crippen LogP contribution in [0.1, 0.15) is 11.1 Å². The van der Waals surface area contributed by atoms with E-state index in [4.69, 9.17) is 28.9 Å². The van der Waals surface area contributed by atoms with Crippen LogP contribution in [0.25, 0.3) is 0 Å². The fraction of sp³-hybridized carbons (Fsp3) is 0.150. The Labute approximate surface area is 176 Å². The van der Waals surface area contributed by atoms with Crippen LogP contribution < -0.4 is 21.9 Å². The van der Waals surface area contributed by atoms with E-state index < -0.39 is 17.2 Å². The molecule has 9 heteroatoms. The highest BCUT2D eigenvalue weighted by molar-refractivity contribution is 6.35. The van der Waals surface area contributed by atoms with Crippen molar-refractivity contribution in [2.45, 2.75) is 13.0 Å². The molecule has 0 atom stereocenters. The Bertz CT molecular complexity index is 1170. The number of carbonyl (C=O) groups is 1. The number of anilines is 2. The molecule has 0 radical (unpaired) electrons. The molecule has 1 aromatic heterocycles. The highest BCUT2D eigenvalue weighted by Crippen LogP contribution is 2.23. The van der Waals surface area contributed by atoms with E-state index in [0.29, 0.717) is 15.6 Å². The number of nitrogens with two attached hydrogens (primary N) is 1. The minimum atomic E-state index is -0.741. The summed E-state index contributed by atoms with van der Waals surface area (Å²) in [5.41, 5.74) is 6.00. The Morgan fingerprint density at radius 3 is 2.48 bits per heavy atom. The van der Waals surface area contributed by atoms with Crippen LogP contribution in [0.3, 0.4) is 0 Å². The summed E-state index contributed by atoms with van der Waals surface area (Å²) in [5, 5.41) is 0.795. The maximum absolute atomic E-state index is 12.7. The van der Waals surface area contributed by atoms with E-state index in [9.17, 15) is 14.4 Å². The van der Waals surface area contributed by atoms with Crippen molar-refractivity contribution in [1.82, 2.24) is 9.55 Å². The van der Waals surface area contributed by atoms with Gasteiger partial charge in [0.2, 0.25) is 5.91 Å². The lowest BCUT2D eigenvalue weighted by Crippen LogP contribution is -2.40. The topological polar surface area (TPSA) is 101 Å². The van der Waals surface area contributed by atoms with E-state index in [1.807, 2.05) is 30.3 Å². The predicted molar refractivity (Wildman–Crippen MR) is 115 cm³/mol. The molecule has 7 nitrogen and oxygen atoms in total. The highest BCUT2D eigenvalue weighted by Gasteiger charge is 2.22. The SMILES string of the molecule is CN(C(=O)Cc1ccc(Cl)cc1Cl)c1c(N)n(Cc2ccccc2)c(=O)[nH]c1=O. The van der Waals surface area contributed by atoms with Crippen LogP contribution in [0, 0.1) is 0 Å². The number of nitrogens with one attached hydrogen (secondary N) is 1. The summed E-state index contributed by atoms with van der Waals surface area (Å²) < 4.78 is 1.21. The lowest BCUT2D eigenvalue weighted by atomic mass is 10.1. The first-order valence-corrected chi connectivity index (χ1v) is 9.40. The minimum absolute atomic E-state index is 0.0663. The molecule has 0 saturated carbocycles. The number of nitrogens with zero attached hydrogens (tertiary/aromatic N) is 2. The van der Waals surface area contributed by atoms with Gasteiger partial charge in [0.25, 0.3) is 5.56 Å². The van der Waals surface area contributed by atoms with E-state index >= 15 is 0 Å². The number of carbonyl (C=O) groups excluding carboxylic acids is 1. The standard InChI is InChI=1S/C20H18Cl2N4O3/c1-25(16(27)9-13-7-8-14(21)10-15(13)22)17-18(23)26(20(29)24-19(17)28)11-12-5-3-2-4-6-12/h2-8,10H,9,11,23H2,1H3,(H,24,28,29). The Kier molecular flexibility index (Phi) is 6.10. The molecule has 0 aliphatic carbocycles. The number of benzene rings is 2. The van der Waals surface area contributed by atoms with Gasteiger partial charge in [0.1, 0.15) is 5.82 Å². The normalized spacial score (nSPS) is 10.7. The van der Waals surface area contributed by atoms with E-state index in [2.05, 4.69) is 4.98 Å². The van der Waals surface area contributed by atoms with Crippen molar-refractivity contribution >= 4 is 40.6 Å². The molecule has 0 unspecified atom stereocenters. The molecule has 29 heavy (non-hydrogen) atoms. The Morgan fingerprint density at radius 1 is 1.14 bits per heavy atom. The van der Waals surface area contributed by atoms with E-state index in [1.54, 1.807) is 12.1 Å². The van der Waals surface area contributed by atoms with Gasteiger partial charge in [0.15, 0.2) is 5.69 Å². The maximum atomic E-state index is 12.7. The molecule has 1 amide bonds. The summed E-state index contributed by atoms with van der Waals surface area (Å²) in [6.45, 7) is 0.153. The molecule has 0 saturated heterocycles. The smallest absolute Gasteiger partial charge is 0.330 e. The Balaban J connectivity index is 1.94. The number of rotatable bonds is 5. The van der Waals surface area contributed by atoms with Crippen molar-refractivity contribution < 1.29 is 4.79 Å². The van der Waals surface area contributed by atoms with Crippen molar-refractivity contribution in [3.8, 4) is 0 Å². The van der Waals surface area contributed by atoms with Crippen LogP contribution in [0.15, 0.2) is 58.1 Å². The summed E-state index contributed by atoms with van der Waals surface area (Å²) in [4.78, 5) is 40.8. The fourth-order valence-corrected chi connectivity index (χ4v) is 3.37. The molecule has 3 N–H and O–H groups in total. The van der Waals surface area contributed by atoms with Gasteiger partial charge in [0, 0.05) is 17.1 Å². The first-order chi connectivity index (χ1) is 13.8. The maximum Gasteiger partial charge on any atom is 0.330 e. The number of likely N-dealkylation sites (N-methyl/N-ethyl adjacent to an activating group) is 1. The highest BCUT2D eigenvalue weighted by atomic mass is 35.5. The van der Waals surface area contributed by atoms with Crippen LogP contribution in [0.5, 0.6) is 0 Å². The van der Waals surface area contributed by atoms with E-state index in [-0.39, 0.29) is 24.5 Å². The van der Waals surface area contributed by atoms with Gasteiger partial charge in [-0.1, -0.05) is 59.6 Å². The average molecular weight is 433 g/mol. The quantitative estimate of drug-likeness (QED) is 0.646.